The number of para-hydroxylation sites is 3. The summed E-state index contributed by atoms with van der Waals surface area (Å²) >= 11 is 0. The number of nitrogens with one attached hydrogen (secondary N) is 1. The van der Waals surface area contributed by atoms with Gasteiger partial charge in [0.05, 0.1) is 28.6 Å². The first-order chi connectivity index (χ1) is 16.3. The van der Waals surface area contributed by atoms with Gasteiger partial charge in [0.1, 0.15) is 11.9 Å². The second kappa shape index (κ2) is 9.05. The lowest BCUT2D eigenvalue weighted by molar-refractivity contribution is -0.387. The summed E-state index contributed by atoms with van der Waals surface area (Å²) in [6.07, 6.45) is 1.56. The summed E-state index contributed by atoms with van der Waals surface area (Å²) in [7, 11) is -3.21. The Labute approximate surface area is 194 Å². The average molecular weight is 476 g/mol. The number of aromatic amines is 1. The van der Waals surface area contributed by atoms with E-state index in [0.717, 1.165) is 17.6 Å². The average Bonchev–Trinajstić information content (AvgIpc) is 3.27. The van der Waals surface area contributed by atoms with E-state index >= 15 is 0 Å². The highest BCUT2D eigenvalue weighted by Gasteiger charge is 2.28. The number of nitro groups is 1. The van der Waals surface area contributed by atoms with Crippen molar-refractivity contribution < 1.29 is 22.3 Å². The molecule has 0 aliphatic rings. The molecule has 0 fully saturated rings. The molecule has 0 atom stereocenters. The molecular formula is C23H16N4O6S. The maximum Gasteiger partial charge on any atom is 0.346 e. The van der Waals surface area contributed by atoms with Gasteiger partial charge < -0.3 is 13.9 Å². The number of nitrogens with zero attached hydrogens (tertiary/aromatic N) is 3. The van der Waals surface area contributed by atoms with E-state index in [2.05, 4.69) is 16.0 Å². The first kappa shape index (κ1) is 22.5. The molecule has 1 N–H and O–H groups in total. The third-order valence-corrected chi connectivity index (χ3v) is 6.08. The SMILES string of the molecule is COc1cc(/C=C(/C#N)c2nc3ccccc3[nH]2)ccc1OS(=O)(=O)c1ccccc1[N+](=O)[O-]. The lowest BCUT2D eigenvalue weighted by atomic mass is 10.1. The van der Waals surface area contributed by atoms with Crippen LogP contribution in [0, 0.1) is 21.4 Å². The number of hydrogen-bond donors (Lipinski definition) is 1. The topological polar surface area (TPSA) is 148 Å². The predicted octanol–water partition coefficient (Wildman–Crippen LogP) is 4.31. The van der Waals surface area contributed by atoms with Crippen LogP contribution in [0.2, 0.25) is 0 Å². The predicted molar refractivity (Wildman–Crippen MR) is 123 cm³/mol. The quantitative estimate of drug-likeness (QED) is 0.179. The van der Waals surface area contributed by atoms with Gasteiger partial charge in [-0.1, -0.05) is 30.3 Å². The van der Waals surface area contributed by atoms with Crippen molar-refractivity contribution in [1.82, 2.24) is 9.97 Å². The van der Waals surface area contributed by atoms with E-state index in [9.17, 15) is 23.8 Å². The van der Waals surface area contributed by atoms with E-state index in [4.69, 9.17) is 8.92 Å². The monoisotopic (exact) mass is 476 g/mol. The van der Waals surface area contributed by atoms with E-state index in [-0.39, 0.29) is 17.1 Å². The number of imidazole rings is 1. The van der Waals surface area contributed by atoms with Crippen LogP contribution >= 0.6 is 0 Å². The molecule has 4 aromatic rings. The lowest BCUT2D eigenvalue weighted by Gasteiger charge is -2.11. The van der Waals surface area contributed by atoms with Gasteiger partial charge in [0.2, 0.25) is 0 Å². The van der Waals surface area contributed by atoms with Crippen LogP contribution in [0.1, 0.15) is 11.4 Å². The highest BCUT2D eigenvalue weighted by atomic mass is 32.2. The molecule has 0 spiro atoms. The standard InChI is InChI=1S/C23H16N4O6S/c1-32-21-13-15(12-16(14-24)23-25-17-6-2-3-7-18(17)26-23)10-11-20(21)33-34(30,31)22-9-5-4-8-19(22)27(28)29/h2-13H,1H3,(H,25,26)/b16-12-. The minimum Gasteiger partial charge on any atom is -0.493 e. The van der Waals surface area contributed by atoms with Crippen molar-refractivity contribution in [2.24, 2.45) is 0 Å². The normalized spacial score (nSPS) is 11.7. The summed E-state index contributed by atoms with van der Waals surface area (Å²) in [6.45, 7) is 0. The highest BCUT2D eigenvalue weighted by molar-refractivity contribution is 7.87. The molecule has 10 nitrogen and oxygen atoms in total. The molecular weight excluding hydrogens is 460 g/mol. The first-order valence-corrected chi connectivity index (χ1v) is 11.2. The molecule has 0 aliphatic heterocycles. The van der Waals surface area contributed by atoms with Crippen LogP contribution in [0.4, 0.5) is 5.69 Å². The van der Waals surface area contributed by atoms with Crippen LogP contribution in [0.5, 0.6) is 11.5 Å². The number of allylic oxidation sites excluding steroid dienone is 1. The van der Waals surface area contributed by atoms with Crippen LogP contribution in [-0.4, -0.2) is 30.4 Å². The molecule has 1 heterocycles. The van der Waals surface area contributed by atoms with Crippen molar-refractivity contribution in [2.75, 3.05) is 7.11 Å². The minimum absolute atomic E-state index is 0.0535. The zero-order valence-corrected chi connectivity index (χ0v) is 18.4. The molecule has 0 amide bonds. The Hall–Kier alpha value is -4.69. The summed E-state index contributed by atoms with van der Waals surface area (Å²) in [5, 5.41) is 20.8. The Morgan fingerprint density at radius 3 is 2.56 bits per heavy atom. The molecule has 3 aromatic carbocycles. The van der Waals surface area contributed by atoms with Gasteiger partial charge in [-0.2, -0.15) is 13.7 Å². The minimum atomic E-state index is -4.52. The van der Waals surface area contributed by atoms with Crippen LogP contribution in [0.25, 0.3) is 22.7 Å². The van der Waals surface area contributed by atoms with Gasteiger partial charge in [0.25, 0.3) is 5.69 Å². The third-order valence-electron chi connectivity index (χ3n) is 4.79. The third kappa shape index (κ3) is 4.43. The van der Waals surface area contributed by atoms with Crippen molar-refractivity contribution >= 4 is 38.5 Å². The molecule has 11 heteroatoms. The molecule has 170 valence electrons. The van der Waals surface area contributed by atoms with E-state index in [1.807, 2.05) is 24.3 Å². The van der Waals surface area contributed by atoms with Crippen LogP contribution in [0.3, 0.4) is 0 Å². The summed E-state index contributed by atoms with van der Waals surface area (Å²) in [6, 6.07) is 18.6. The van der Waals surface area contributed by atoms with Gasteiger partial charge in [-0.15, -0.1) is 0 Å². The number of H-pyrrole nitrogens is 1. The van der Waals surface area contributed by atoms with Crippen LogP contribution in [0.15, 0.2) is 71.6 Å². The van der Waals surface area contributed by atoms with E-state index in [1.165, 1.54) is 37.4 Å². The highest BCUT2D eigenvalue weighted by Crippen LogP contribution is 2.34. The zero-order chi connectivity index (χ0) is 24.3. The number of hydrogen-bond acceptors (Lipinski definition) is 8. The van der Waals surface area contributed by atoms with E-state index in [0.29, 0.717) is 16.9 Å². The van der Waals surface area contributed by atoms with Gasteiger partial charge in [-0.05, 0) is 42.0 Å². The Bertz CT molecular complexity index is 1550. The van der Waals surface area contributed by atoms with Crippen LogP contribution in [-0.2, 0) is 10.1 Å². The first-order valence-electron chi connectivity index (χ1n) is 9.75. The molecule has 0 aliphatic carbocycles. The maximum absolute atomic E-state index is 12.7. The Kier molecular flexibility index (Phi) is 5.99. The van der Waals surface area contributed by atoms with E-state index < -0.39 is 25.6 Å². The number of methoxy groups -OCH3 is 1. The number of benzene rings is 3. The van der Waals surface area contributed by atoms with Crippen molar-refractivity contribution in [3.05, 3.63) is 88.2 Å². The fraction of sp³-hybridized carbons (Fsp3) is 0.0435. The van der Waals surface area contributed by atoms with Gasteiger partial charge in [0, 0.05) is 6.07 Å². The number of fused-ring (bicyclic) bond motifs is 1. The van der Waals surface area contributed by atoms with Gasteiger partial charge in [-0.25, -0.2) is 4.98 Å². The summed E-state index contributed by atoms with van der Waals surface area (Å²) in [5.74, 6) is 0.264. The van der Waals surface area contributed by atoms with Crippen molar-refractivity contribution in [1.29, 1.82) is 5.26 Å². The summed E-state index contributed by atoms with van der Waals surface area (Å²) in [4.78, 5) is 17.3. The molecule has 0 bridgehead atoms. The summed E-state index contributed by atoms with van der Waals surface area (Å²) < 4.78 is 35.9. The number of nitriles is 1. The summed E-state index contributed by atoms with van der Waals surface area (Å²) in [5.41, 5.74) is 1.65. The van der Waals surface area contributed by atoms with Crippen LogP contribution < -0.4 is 8.92 Å². The number of ether oxygens (including phenoxy) is 1. The number of aromatic nitrogens is 2. The zero-order valence-electron chi connectivity index (χ0n) is 17.6. The maximum atomic E-state index is 12.7. The molecule has 34 heavy (non-hydrogen) atoms. The molecule has 0 saturated heterocycles. The van der Waals surface area contributed by atoms with Crippen molar-refractivity contribution in [3.8, 4) is 17.6 Å². The molecule has 0 unspecified atom stereocenters. The Morgan fingerprint density at radius 2 is 1.85 bits per heavy atom. The van der Waals surface area contributed by atoms with Gasteiger partial charge in [0.15, 0.2) is 16.4 Å². The Morgan fingerprint density at radius 1 is 1.12 bits per heavy atom. The number of nitro benzene ring substituents is 1. The molecule has 0 radical (unpaired) electrons. The largest absolute Gasteiger partial charge is 0.493 e. The number of rotatable bonds is 7. The van der Waals surface area contributed by atoms with Gasteiger partial charge >= 0.3 is 10.1 Å². The van der Waals surface area contributed by atoms with E-state index in [1.54, 1.807) is 6.08 Å². The molecule has 4 rings (SSSR count). The smallest absolute Gasteiger partial charge is 0.346 e. The second-order valence-corrected chi connectivity index (χ2v) is 8.46. The van der Waals surface area contributed by atoms with Gasteiger partial charge in [-0.3, -0.25) is 10.1 Å². The van der Waals surface area contributed by atoms with Crippen molar-refractivity contribution in [3.63, 3.8) is 0 Å². The fourth-order valence-electron chi connectivity index (χ4n) is 3.23. The second-order valence-electron chi connectivity index (χ2n) is 6.94. The molecule has 0 saturated carbocycles. The lowest BCUT2D eigenvalue weighted by Crippen LogP contribution is -2.12. The van der Waals surface area contributed by atoms with Crippen molar-refractivity contribution in [2.45, 2.75) is 4.90 Å². The fourth-order valence-corrected chi connectivity index (χ4v) is 4.33. The Balaban J connectivity index is 1.68. The molecule has 1 aromatic heterocycles.